The van der Waals surface area contributed by atoms with Gasteiger partial charge in [-0.1, -0.05) is 18.2 Å². The number of sulfonamides is 1. The molecule has 0 amide bonds. The number of rotatable bonds is 6. The fraction of sp³-hybridized carbons (Fsp3) is 0.235. The minimum atomic E-state index is -3.79. The number of nitrogens with zero attached hydrogens (tertiary/aromatic N) is 1. The summed E-state index contributed by atoms with van der Waals surface area (Å²) in [4.78, 5) is 12.0. The molecule has 6 nitrogen and oxygen atoms in total. The molecular formula is C17H18FNO5S. The van der Waals surface area contributed by atoms with E-state index in [1.54, 1.807) is 24.3 Å². The molecule has 0 bridgehead atoms. The van der Waals surface area contributed by atoms with E-state index in [4.69, 9.17) is 9.47 Å². The number of carbonyl (C=O) groups excluding carboxylic acids is 1. The summed E-state index contributed by atoms with van der Waals surface area (Å²) in [5.74, 6) is -1.29. The van der Waals surface area contributed by atoms with Crippen molar-refractivity contribution in [2.75, 3.05) is 21.2 Å². The van der Waals surface area contributed by atoms with Gasteiger partial charge in [-0.3, -0.25) is 0 Å². The van der Waals surface area contributed by atoms with Gasteiger partial charge in [-0.2, -0.15) is 0 Å². The van der Waals surface area contributed by atoms with Crippen molar-refractivity contribution < 1.29 is 27.1 Å². The molecule has 0 fully saturated rings. The van der Waals surface area contributed by atoms with Gasteiger partial charge in [-0.15, -0.1) is 0 Å². The third-order valence-corrected chi connectivity index (χ3v) is 5.30. The third kappa shape index (κ3) is 4.15. The van der Waals surface area contributed by atoms with E-state index in [-0.39, 0.29) is 11.5 Å². The number of carbonyl (C=O) groups is 1. The van der Waals surface area contributed by atoms with Gasteiger partial charge < -0.3 is 9.47 Å². The molecule has 0 unspecified atom stereocenters. The maximum absolute atomic E-state index is 13.9. The van der Waals surface area contributed by atoms with E-state index in [0.29, 0.717) is 11.3 Å². The minimum absolute atomic E-state index is 0.132. The minimum Gasteiger partial charge on any atom is -0.496 e. The first-order valence-electron chi connectivity index (χ1n) is 7.28. The Morgan fingerprint density at radius 1 is 1.16 bits per heavy atom. The first-order chi connectivity index (χ1) is 11.8. The number of methoxy groups -OCH3 is 1. The van der Waals surface area contributed by atoms with Gasteiger partial charge in [0.2, 0.25) is 10.0 Å². The zero-order chi connectivity index (χ0) is 18.6. The largest absolute Gasteiger partial charge is 0.496 e. The molecule has 8 heteroatoms. The summed E-state index contributed by atoms with van der Waals surface area (Å²) in [6.45, 7) is -0.132. The summed E-state index contributed by atoms with van der Waals surface area (Å²) >= 11 is 0. The quantitative estimate of drug-likeness (QED) is 0.734. The summed E-state index contributed by atoms with van der Waals surface area (Å²) < 4.78 is 49.4. The lowest BCUT2D eigenvalue weighted by atomic mass is 10.2. The van der Waals surface area contributed by atoms with Crippen molar-refractivity contribution >= 4 is 16.0 Å². The lowest BCUT2D eigenvalue weighted by Crippen LogP contribution is -2.22. The first kappa shape index (κ1) is 18.9. The SMILES string of the molecule is COc1ccccc1COC(=O)c1cc(S(=O)(=O)N(C)C)ccc1F. The van der Waals surface area contributed by atoms with Gasteiger partial charge in [0.15, 0.2) is 0 Å². The van der Waals surface area contributed by atoms with Crippen LogP contribution < -0.4 is 4.74 Å². The van der Waals surface area contributed by atoms with Crippen LogP contribution in [0.1, 0.15) is 15.9 Å². The topological polar surface area (TPSA) is 72.9 Å². The fourth-order valence-electron chi connectivity index (χ4n) is 2.08. The molecule has 0 heterocycles. The van der Waals surface area contributed by atoms with Crippen molar-refractivity contribution in [2.45, 2.75) is 11.5 Å². The van der Waals surface area contributed by atoms with Crippen LogP contribution in [0.2, 0.25) is 0 Å². The van der Waals surface area contributed by atoms with Gasteiger partial charge in [0.05, 0.1) is 17.6 Å². The van der Waals surface area contributed by atoms with Gasteiger partial charge in [-0.05, 0) is 24.3 Å². The van der Waals surface area contributed by atoms with Crippen LogP contribution >= 0.6 is 0 Å². The Morgan fingerprint density at radius 3 is 2.48 bits per heavy atom. The Bertz CT molecular complexity index is 880. The molecule has 0 aliphatic heterocycles. The molecule has 134 valence electrons. The van der Waals surface area contributed by atoms with Gasteiger partial charge in [0, 0.05) is 19.7 Å². The molecule has 0 saturated heterocycles. The average molecular weight is 367 g/mol. The normalized spacial score (nSPS) is 11.4. The summed E-state index contributed by atoms with van der Waals surface area (Å²) in [6, 6.07) is 9.91. The highest BCUT2D eigenvalue weighted by Crippen LogP contribution is 2.21. The molecule has 0 aromatic heterocycles. The Labute approximate surface area is 145 Å². The summed E-state index contributed by atoms with van der Waals surface area (Å²) in [5.41, 5.74) is 0.161. The lowest BCUT2D eigenvalue weighted by Gasteiger charge is -2.13. The average Bonchev–Trinajstić information content (AvgIpc) is 2.59. The molecule has 0 spiro atoms. The second-order valence-electron chi connectivity index (χ2n) is 5.32. The van der Waals surface area contributed by atoms with Gasteiger partial charge in [0.25, 0.3) is 0 Å². The number of esters is 1. The van der Waals surface area contributed by atoms with E-state index in [1.807, 2.05) is 0 Å². The number of benzene rings is 2. The standard InChI is InChI=1S/C17H18FNO5S/c1-19(2)25(21,22)13-8-9-15(18)14(10-13)17(20)24-11-12-6-4-5-7-16(12)23-3/h4-10H,11H2,1-3H3. The molecule has 0 aliphatic carbocycles. The van der Waals surface area contributed by atoms with Crippen molar-refractivity contribution in [1.29, 1.82) is 0 Å². The van der Waals surface area contributed by atoms with Crippen molar-refractivity contribution in [3.05, 3.63) is 59.4 Å². The third-order valence-electron chi connectivity index (χ3n) is 3.49. The van der Waals surface area contributed by atoms with E-state index in [0.717, 1.165) is 22.5 Å². The van der Waals surface area contributed by atoms with Crippen LogP contribution in [0.4, 0.5) is 4.39 Å². The second-order valence-corrected chi connectivity index (χ2v) is 7.47. The van der Waals surface area contributed by atoms with Gasteiger partial charge in [0.1, 0.15) is 18.2 Å². The van der Waals surface area contributed by atoms with E-state index >= 15 is 0 Å². The molecule has 2 aromatic carbocycles. The number of ether oxygens (including phenoxy) is 2. The second kappa shape index (κ2) is 7.62. The van der Waals surface area contributed by atoms with Crippen LogP contribution in [0.25, 0.3) is 0 Å². The van der Waals surface area contributed by atoms with Crippen LogP contribution in [-0.4, -0.2) is 39.9 Å². The Morgan fingerprint density at radius 2 is 1.84 bits per heavy atom. The number of hydrogen-bond acceptors (Lipinski definition) is 5. The van der Waals surface area contributed by atoms with Crippen LogP contribution in [0, 0.1) is 5.82 Å². The Kier molecular flexibility index (Phi) is 5.76. The Balaban J connectivity index is 2.25. The summed E-state index contributed by atoms with van der Waals surface area (Å²) in [5, 5.41) is 0. The van der Waals surface area contributed by atoms with E-state index < -0.39 is 27.4 Å². The number of hydrogen-bond donors (Lipinski definition) is 0. The zero-order valence-electron chi connectivity index (χ0n) is 14.0. The highest BCUT2D eigenvalue weighted by molar-refractivity contribution is 7.89. The van der Waals surface area contributed by atoms with E-state index in [1.165, 1.54) is 21.2 Å². The lowest BCUT2D eigenvalue weighted by molar-refractivity contribution is 0.0464. The number of halogens is 1. The predicted molar refractivity (Wildman–Crippen MR) is 89.4 cm³/mol. The van der Waals surface area contributed by atoms with Gasteiger partial charge in [-0.25, -0.2) is 21.9 Å². The van der Waals surface area contributed by atoms with E-state index in [2.05, 4.69) is 0 Å². The molecule has 2 aromatic rings. The molecule has 0 N–H and O–H groups in total. The Hall–Kier alpha value is -2.45. The number of para-hydroxylation sites is 1. The van der Waals surface area contributed by atoms with Crippen molar-refractivity contribution in [2.24, 2.45) is 0 Å². The summed E-state index contributed by atoms with van der Waals surface area (Å²) in [6.07, 6.45) is 0. The zero-order valence-corrected chi connectivity index (χ0v) is 14.8. The maximum Gasteiger partial charge on any atom is 0.341 e. The molecule has 0 aliphatic rings. The van der Waals surface area contributed by atoms with Crippen LogP contribution in [0.15, 0.2) is 47.4 Å². The first-order valence-corrected chi connectivity index (χ1v) is 8.72. The molecule has 0 atom stereocenters. The molecule has 25 heavy (non-hydrogen) atoms. The fourth-order valence-corrected chi connectivity index (χ4v) is 3.00. The molecular weight excluding hydrogens is 349 g/mol. The summed E-state index contributed by atoms with van der Waals surface area (Å²) in [7, 11) is 0.385. The van der Waals surface area contributed by atoms with Crippen molar-refractivity contribution in [1.82, 2.24) is 4.31 Å². The van der Waals surface area contributed by atoms with Crippen LogP contribution in [-0.2, 0) is 21.4 Å². The highest BCUT2D eigenvalue weighted by Gasteiger charge is 2.22. The highest BCUT2D eigenvalue weighted by atomic mass is 32.2. The smallest absolute Gasteiger partial charge is 0.341 e. The molecule has 0 saturated carbocycles. The monoisotopic (exact) mass is 367 g/mol. The van der Waals surface area contributed by atoms with Crippen molar-refractivity contribution in [3.8, 4) is 5.75 Å². The van der Waals surface area contributed by atoms with E-state index in [9.17, 15) is 17.6 Å². The predicted octanol–water partition coefficient (Wildman–Crippen LogP) is 2.44. The van der Waals surface area contributed by atoms with Crippen LogP contribution in [0.3, 0.4) is 0 Å². The van der Waals surface area contributed by atoms with Gasteiger partial charge >= 0.3 is 5.97 Å². The molecule has 2 rings (SSSR count). The maximum atomic E-state index is 13.9. The van der Waals surface area contributed by atoms with Crippen molar-refractivity contribution in [3.63, 3.8) is 0 Å². The van der Waals surface area contributed by atoms with Crippen LogP contribution in [0.5, 0.6) is 5.75 Å². The molecule has 0 radical (unpaired) electrons.